The molecule has 0 saturated heterocycles. The van der Waals surface area contributed by atoms with Gasteiger partial charge < -0.3 is 0 Å². The monoisotopic (exact) mass is 330 g/mol. The quantitative estimate of drug-likeness (QED) is 0.759. The van der Waals surface area contributed by atoms with Crippen molar-refractivity contribution in [1.82, 2.24) is 9.97 Å². The van der Waals surface area contributed by atoms with Crippen LogP contribution >= 0.6 is 11.3 Å². The average molecular weight is 331 g/mol. The van der Waals surface area contributed by atoms with Gasteiger partial charge in [-0.05, 0) is 56.4 Å². The van der Waals surface area contributed by atoms with Gasteiger partial charge in [-0.15, -0.1) is 11.3 Å². The average Bonchev–Trinajstić information content (AvgIpc) is 2.80. The molecule has 0 aromatic carbocycles. The molecule has 0 bridgehead atoms. The molecule has 1 N–H and O–H groups in total. The largest absolute Gasteiger partial charge is 0.261 e. The Labute approximate surface area is 142 Å². The number of hydrogen-bond donors (Lipinski definition) is 1. The number of thiophene rings is 1. The summed E-state index contributed by atoms with van der Waals surface area (Å²) in [5, 5.41) is 5.77. The Kier molecular flexibility index (Phi) is 4.41. The van der Waals surface area contributed by atoms with Crippen molar-refractivity contribution in [2.45, 2.75) is 60.3 Å². The third-order valence-electron chi connectivity index (χ3n) is 5.07. The number of aromatic nitrogens is 2. The van der Waals surface area contributed by atoms with Gasteiger partial charge in [0.15, 0.2) is 5.82 Å². The van der Waals surface area contributed by atoms with Crippen LogP contribution in [0.25, 0.3) is 10.2 Å². The summed E-state index contributed by atoms with van der Waals surface area (Å²) in [6.45, 7) is 11.3. The molecule has 0 aliphatic heterocycles. The molecule has 1 fully saturated rings. The smallest absolute Gasteiger partial charge is 0.158 e. The maximum atomic E-state index is 4.65. The second kappa shape index (κ2) is 6.19. The van der Waals surface area contributed by atoms with E-state index in [0.29, 0.717) is 5.41 Å². The summed E-state index contributed by atoms with van der Waals surface area (Å²) >= 11 is 1.72. The number of rotatable bonds is 2. The van der Waals surface area contributed by atoms with Gasteiger partial charge in [0.25, 0.3) is 0 Å². The minimum Gasteiger partial charge on any atom is -0.261 e. The number of hydrazone groups is 1. The van der Waals surface area contributed by atoms with Gasteiger partial charge in [0.2, 0.25) is 0 Å². The zero-order chi connectivity index (χ0) is 16.6. The van der Waals surface area contributed by atoms with E-state index in [4.69, 9.17) is 0 Å². The second-order valence-electron chi connectivity index (χ2n) is 7.62. The highest BCUT2D eigenvalue weighted by Gasteiger charge is 2.28. The summed E-state index contributed by atoms with van der Waals surface area (Å²) in [7, 11) is 0. The SMILES string of the molecule is Cc1sc2ncnc(NN=C3CCC(C(C)(C)C)CC3)c2c1C. The van der Waals surface area contributed by atoms with Crippen LogP contribution in [0.3, 0.4) is 0 Å². The zero-order valence-electron chi connectivity index (χ0n) is 14.7. The molecule has 0 atom stereocenters. The number of anilines is 1. The van der Waals surface area contributed by atoms with Crippen LogP contribution in [-0.4, -0.2) is 15.7 Å². The van der Waals surface area contributed by atoms with Crippen molar-refractivity contribution >= 4 is 33.1 Å². The predicted octanol–water partition coefficient (Wildman–Crippen LogP) is 5.31. The second-order valence-corrected chi connectivity index (χ2v) is 8.82. The predicted molar refractivity (Wildman–Crippen MR) is 99.4 cm³/mol. The molecule has 2 aromatic rings. The minimum absolute atomic E-state index is 0.406. The van der Waals surface area contributed by atoms with Crippen molar-refractivity contribution in [3.8, 4) is 0 Å². The normalized spacial score (nSPS) is 19.2. The molecule has 0 spiro atoms. The van der Waals surface area contributed by atoms with Gasteiger partial charge in [-0.25, -0.2) is 9.97 Å². The maximum Gasteiger partial charge on any atom is 0.158 e. The maximum absolute atomic E-state index is 4.65. The third-order valence-corrected chi connectivity index (χ3v) is 6.19. The summed E-state index contributed by atoms with van der Waals surface area (Å²) in [5.74, 6) is 1.64. The summed E-state index contributed by atoms with van der Waals surface area (Å²) in [5.41, 5.74) is 6.13. The van der Waals surface area contributed by atoms with E-state index in [-0.39, 0.29) is 0 Å². The molecule has 2 heterocycles. The summed E-state index contributed by atoms with van der Waals surface area (Å²) in [4.78, 5) is 11.1. The van der Waals surface area contributed by atoms with Crippen LogP contribution in [0.4, 0.5) is 5.82 Å². The van der Waals surface area contributed by atoms with Gasteiger partial charge in [0.05, 0.1) is 5.39 Å². The Balaban J connectivity index is 1.74. The van der Waals surface area contributed by atoms with Crippen LogP contribution in [0.5, 0.6) is 0 Å². The lowest BCUT2D eigenvalue weighted by atomic mass is 9.72. The van der Waals surface area contributed by atoms with E-state index in [0.717, 1.165) is 34.8 Å². The van der Waals surface area contributed by atoms with Crippen LogP contribution in [0, 0.1) is 25.2 Å². The Morgan fingerprint density at radius 1 is 1.17 bits per heavy atom. The van der Waals surface area contributed by atoms with Gasteiger partial charge in [-0.3, -0.25) is 5.43 Å². The van der Waals surface area contributed by atoms with Crippen molar-refractivity contribution in [3.05, 3.63) is 16.8 Å². The number of hydrogen-bond acceptors (Lipinski definition) is 5. The Hall–Kier alpha value is -1.49. The molecular formula is C18H26N4S. The molecule has 0 amide bonds. The molecule has 23 heavy (non-hydrogen) atoms. The van der Waals surface area contributed by atoms with Gasteiger partial charge in [-0.1, -0.05) is 20.8 Å². The van der Waals surface area contributed by atoms with E-state index >= 15 is 0 Å². The summed E-state index contributed by atoms with van der Waals surface area (Å²) in [6.07, 6.45) is 6.27. The van der Waals surface area contributed by atoms with Crippen molar-refractivity contribution in [2.24, 2.45) is 16.4 Å². The van der Waals surface area contributed by atoms with E-state index < -0.39 is 0 Å². The Morgan fingerprint density at radius 2 is 1.87 bits per heavy atom. The van der Waals surface area contributed by atoms with Crippen molar-refractivity contribution < 1.29 is 0 Å². The highest BCUT2D eigenvalue weighted by atomic mass is 32.1. The third kappa shape index (κ3) is 3.39. The van der Waals surface area contributed by atoms with E-state index in [9.17, 15) is 0 Å². The summed E-state index contributed by atoms with van der Waals surface area (Å²) in [6, 6.07) is 0. The van der Waals surface area contributed by atoms with Crippen LogP contribution < -0.4 is 5.43 Å². The van der Waals surface area contributed by atoms with E-state index in [1.54, 1.807) is 17.7 Å². The highest BCUT2D eigenvalue weighted by Crippen LogP contribution is 2.37. The lowest BCUT2D eigenvalue weighted by Crippen LogP contribution is -2.26. The molecule has 1 aliphatic rings. The van der Waals surface area contributed by atoms with Gasteiger partial charge in [0, 0.05) is 10.6 Å². The van der Waals surface area contributed by atoms with Gasteiger partial charge >= 0.3 is 0 Å². The molecule has 0 radical (unpaired) electrons. The fourth-order valence-corrected chi connectivity index (χ4v) is 4.32. The van der Waals surface area contributed by atoms with E-state index in [2.05, 4.69) is 55.1 Å². The molecule has 2 aromatic heterocycles. The van der Waals surface area contributed by atoms with Gasteiger partial charge in [0.1, 0.15) is 11.2 Å². The first-order valence-electron chi connectivity index (χ1n) is 8.38. The molecule has 1 saturated carbocycles. The van der Waals surface area contributed by atoms with Crippen LogP contribution in [0.2, 0.25) is 0 Å². The molecular weight excluding hydrogens is 304 g/mol. The number of nitrogens with zero attached hydrogens (tertiary/aromatic N) is 3. The first-order valence-corrected chi connectivity index (χ1v) is 9.20. The van der Waals surface area contributed by atoms with E-state index in [1.165, 1.54) is 29.0 Å². The molecule has 4 nitrogen and oxygen atoms in total. The first kappa shape index (κ1) is 16.4. The lowest BCUT2D eigenvalue weighted by molar-refractivity contribution is 0.208. The number of nitrogens with one attached hydrogen (secondary N) is 1. The van der Waals surface area contributed by atoms with Crippen molar-refractivity contribution in [2.75, 3.05) is 5.43 Å². The zero-order valence-corrected chi connectivity index (χ0v) is 15.5. The fraction of sp³-hybridized carbons (Fsp3) is 0.611. The van der Waals surface area contributed by atoms with Crippen molar-refractivity contribution in [1.29, 1.82) is 0 Å². The molecule has 5 heteroatoms. The van der Waals surface area contributed by atoms with Crippen LogP contribution in [0.1, 0.15) is 56.9 Å². The molecule has 0 unspecified atom stereocenters. The fourth-order valence-electron chi connectivity index (χ4n) is 3.33. The molecule has 3 rings (SSSR count). The topological polar surface area (TPSA) is 50.2 Å². The van der Waals surface area contributed by atoms with Gasteiger partial charge in [-0.2, -0.15) is 5.10 Å². The van der Waals surface area contributed by atoms with Crippen molar-refractivity contribution in [3.63, 3.8) is 0 Å². The lowest BCUT2D eigenvalue weighted by Gasteiger charge is -2.34. The van der Waals surface area contributed by atoms with Crippen LogP contribution in [-0.2, 0) is 0 Å². The highest BCUT2D eigenvalue weighted by molar-refractivity contribution is 7.18. The minimum atomic E-state index is 0.406. The van der Waals surface area contributed by atoms with Crippen LogP contribution in [0.15, 0.2) is 11.4 Å². The molecule has 124 valence electrons. The van der Waals surface area contributed by atoms with E-state index in [1.807, 2.05) is 0 Å². The Morgan fingerprint density at radius 3 is 2.52 bits per heavy atom. The first-order chi connectivity index (χ1) is 10.9. The standard InChI is InChI=1S/C18H26N4S/c1-11-12(2)23-17-15(11)16(19-10-20-17)22-21-14-8-6-13(7-9-14)18(3,4)5/h10,13H,6-9H2,1-5H3,(H,19,20,22). The molecule has 1 aliphatic carbocycles. The Bertz CT molecular complexity index is 729. The summed E-state index contributed by atoms with van der Waals surface area (Å²) < 4.78 is 0. The number of aryl methyl sites for hydroxylation is 2. The number of fused-ring (bicyclic) bond motifs is 1.